The van der Waals surface area contributed by atoms with Crippen LogP contribution >= 0.6 is 0 Å². The molecule has 0 aromatic carbocycles. The highest BCUT2D eigenvalue weighted by Crippen LogP contribution is 2.18. The summed E-state index contributed by atoms with van der Waals surface area (Å²) >= 11 is 0. The molecule has 0 aliphatic carbocycles. The molecule has 0 radical (unpaired) electrons. The summed E-state index contributed by atoms with van der Waals surface area (Å²) in [6.45, 7) is 10.3. The van der Waals surface area contributed by atoms with Crippen LogP contribution in [-0.4, -0.2) is 65.3 Å². The van der Waals surface area contributed by atoms with Gasteiger partial charge < -0.3 is 14.7 Å². The first-order valence-electron chi connectivity index (χ1n) is 7.13. The van der Waals surface area contributed by atoms with Crippen LogP contribution in [-0.2, 0) is 9.53 Å². The van der Waals surface area contributed by atoms with Gasteiger partial charge in [0, 0.05) is 19.6 Å². The summed E-state index contributed by atoms with van der Waals surface area (Å²) in [4.78, 5) is 26.3. The molecule has 1 N–H and O–H groups in total. The molecule has 0 aromatic rings. The normalized spacial score (nSPS) is 19.9. The topological polar surface area (TPSA) is 70.1 Å². The molecule has 1 rings (SSSR count). The van der Waals surface area contributed by atoms with Gasteiger partial charge in [0.2, 0.25) is 0 Å². The average molecular weight is 286 g/mol. The largest absolute Gasteiger partial charge is 0.480 e. The van der Waals surface area contributed by atoms with Gasteiger partial charge in [0.05, 0.1) is 6.54 Å². The number of likely N-dealkylation sites (tertiary alicyclic amines) is 1. The van der Waals surface area contributed by atoms with Crippen molar-refractivity contribution in [1.82, 2.24) is 9.80 Å². The van der Waals surface area contributed by atoms with Crippen molar-refractivity contribution < 1.29 is 19.4 Å². The Hall–Kier alpha value is -1.30. The van der Waals surface area contributed by atoms with E-state index in [1.165, 1.54) is 0 Å². The second-order valence-electron chi connectivity index (χ2n) is 6.30. The van der Waals surface area contributed by atoms with Gasteiger partial charge in [0.15, 0.2) is 0 Å². The first-order chi connectivity index (χ1) is 9.21. The first kappa shape index (κ1) is 16.8. The predicted octanol–water partition coefficient (Wildman–Crippen LogP) is 1.65. The Labute approximate surface area is 120 Å². The number of carboxylic acids is 1. The van der Waals surface area contributed by atoms with Crippen LogP contribution in [0.1, 0.15) is 34.1 Å². The number of rotatable bonds is 5. The van der Waals surface area contributed by atoms with Crippen LogP contribution in [0.4, 0.5) is 4.79 Å². The monoisotopic (exact) mass is 286 g/mol. The number of amides is 1. The van der Waals surface area contributed by atoms with Crippen molar-refractivity contribution in [3.63, 3.8) is 0 Å². The predicted molar refractivity (Wildman–Crippen MR) is 75.7 cm³/mol. The maximum atomic E-state index is 12.0. The summed E-state index contributed by atoms with van der Waals surface area (Å²) in [6.07, 6.45) is 0.628. The number of aliphatic carboxylic acids is 1. The zero-order valence-corrected chi connectivity index (χ0v) is 12.9. The molecule has 1 aliphatic rings. The summed E-state index contributed by atoms with van der Waals surface area (Å²) in [5, 5.41) is 8.78. The van der Waals surface area contributed by atoms with Crippen molar-refractivity contribution in [2.24, 2.45) is 5.92 Å². The third-order valence-electron chi connectivity index (χ3n) is 3.24. The minimum atomic E-state index is -0.801. The standard InChI is InChI=1S/C14H26N2O4/c1-5-16(13(19)20-14(2,3)4)9-11-6-7-15(8-11)10-12(17)18/h11H,5-10H2,1-4H3,(H,17,18). The SMILES string of the molecule is CCN(CC1CCN(CC(=O)O)C1)C(=O)OC(C)(C)C. The lowest BCUT2D eigenvalue weighted by atomic mass is 10.1. The van der Waals surface area contributed by atoms with Crippen LogP contribution in [0.15, 0.2) is 0 Å². The highest BCUT2D eigenvalue weighted by molar-refractivity contribution is 5.69. The number of carbonyl (C=O) groups excluding carboxylic acids is 1. The Bertz CT molecular complexity index is 352. The number of nitrogens with zero attached hydrogens (tertiary/aromatic N) is 2. The molecule has 1 amide bonds. The molecule has 1 heterocycles. The molecule has 0 bridgehead atoms. The van der Waals surface area contributed by atoms with Gasteiger partial charge in [0.1, 0.15) is 5.60 Å². The zero-order valence-electron chi connectivity index (χ0n) is 12.9. The molecule has 1 fully saturated rings. The molecular weight excluding hydrogens is 260 g/mol. The fourth-order valence-corrected chi connectivity index (χ4v) is 2.37. The van der Waals surface area contributed by atoms with E-state index < -0.39 is 11.6 Å². The number of ether oxygens (including phenoxy) is 1. The van der Waals surface area contributed by atoms with E-state index in [1.54, 1.807) is 4.90 Å². The molecule has 1 aliphatic heterocycles. The van der Waals surface area contributed by atoms with Gasteiger partial charge in [-0.2, -0.15) is 0 Å². The van der Waals surface area contributed by atoms with Gasteiger partial charge in [-0.05, 0) is 46.6 Å². The van der Waals surface area contributed by atoms with Crippen molar-refractivity contribution in [3.05, 3.63) is 0 Å². The Balaban J connectivity index is 2.45. The van der Waals surface area contributed by atoms with E-state index in [1.807, 2.05) is 32.6 Å². The molecule has 0 spiro atoms. The van der Waals surface area contributed by atoms with Gasteiger partial charge in [-0.1, -0.05) is 0 Å². The average Bonchev–Trinajstić information content (AvgIpc) is 2.69. The molecule has 1 saturated heterocycles. The third kappa shape index (κ3) is 5.77. The Morgan fingerprint density at radius 1 is 1.40 bits per heavy atom. The van der Waals surface area contributed by atoms with E-state index in [2.05, 4.69) is 0 Å². The van der Waals surface area contributed by atoms with Gasteiger partial charge in [0.25, 0.3) is 0 Å². The number of carboxylic acid groups (broad SMARTS) is 1. The van der Waals surface area contributed by atoms with Crippen molar-refractivity contribution in [3.8, 4) is 0 Å². The maximum absolute atomic E-state index is 12.0. The molecule has 0 aromatic heterocycles. The summed E-state index contributed by atoms with van der Waals surface area (Å²) in [5.74, 6) is -0.480. The molecule has 6 heteroatoms. The summed E-state index contributed by atoms with van der Waals surface area (Å²) in [5.41, 5.74) is -0.491. The van der Waals surface area contributed by atoms with Crippen molar-refractivity contribution in [1.29, 1.82) is 0 Å². The van der Waals surface area contributed by atoms with Gasteiger partial charge in [-0.3, -0.25) is 9.69 Å². The lowest BCUT2D eigenvalue weighted by Gasteiger charge is -2.28. The van der Waals surface area contributed by atoms with Crippen LogP contribution in [0.25, 0.3) is 0 Å². The van der Waals surface area contributed by atoms with Crippen LogP contribution < -0.4 is 0 Å². The second-order valence-corrected chi connectivity index (χ2v) is 6.30. The fourth-order valence-electron chi connectivity index (χ4n) is 2.37. The summed E-state index contributed by atoms with van der Waals surface area (Å²) < 4.78 is 5.37. The smallest absolute Gasteiger partial charge is 0.410 e. The quantitative estimate of drug-likeness (QED) is 0.832. The molecule has 1 unspecified atom stereocenters. The molecular formula is C14H26N2O4. The van der Waals surface area contributed by atoms with E-state index >= 15 is 0 Å². The molecule has 6 nitrogen and oxygen atoms in total. The Kier molecular flexibility index (Phi) is 5.80. The number of hydrogen-bond acceptors (Lipinski definition) is 4. The van der Waals surface area contributed by atoms with Crippen molar-refractivity contribution in [2.75, 3.05) is 32.7 Å². The Morgan fingerprint density at radius 2 is 2.05 bits per heavy atom. The molecule has 1 atom stereocenters. The lowest BCUT2D eigenvalue weighted by molar-refractivity contribution is -0.138. The van der Waals surface area contributed by atoms with Crippen LogP contribution in [0, 0.1) is 5.92 Å². The highest BCUT2D eigenvalue weighted by Gasteiger charge is 2.28. The van der Waals surface area contributed by atoms with Crippen LogP contribution in [0.5, 0.6) is 0 Å². The van der Waals surface area contributed by atoms with Crippen molar-refractivity contribution in [2.45, 2.75) is 39.7 Å². The van der Waals surface area contributed by atoms with Crippen molar-refractivity contribution >= 4 is 12.1 Å². The van der Waals surface area contributed by atoms with E-state index in [4.69, 9.17) is 9.84 Å². The first-order valence-corrected chi connectivity index (χ1v) is 7.13. The van der Waals surface area contributed by atoms with E-state index in [0.29, 0.717) is 19.0 Å². The van der Waals surface area contributed by atoms with E-state index in [-0.39, 0.29) is 12.6 Å². The minimum Gasteiger partial charge on any atom is -0.480 e. The van der Waals surface area contributed by atoms with Gasteiger partial charge in [-0.25, -0.2) is 4.79 Å². The third-order valence-corrected chi connectivity index (χ3v) is 3.24. The zero-order chi connectivity index (χ0) is 15.3. The van der Waals surface area contributed by atoms with Gasteiger partial charge in [-0.15, -0.1) is 0 Å². The number of hydrogen-bond donors (Lipinski definition) is 1. The summed E-state index contributed by atoms with van der Waals surface area (Å²) in [6, 6.07) is 0. The Morgan fingerprint density at radius 3 is 2.55 bits per heavy atom. The van der Waals surface area contributed by atoms with E-state index in [0.717, 1.165) is 19.5 Å². The van der Waals surface area contributed by atoms with E-state index in [9.17, 15) is 9.59 Å². The summed E-state index contributed by atoms with van der Waals surface area (Å²) in [7, 11) is 0. The lowest BCUT2D eigenvalue weighted by Crippen LogP contribution is -2.40. The molecule has 20 heavy (non-hydrogen) atoms. The molecule has 116 valence electrons. The van der Waals surface area contributed by atoms with Gasteiger partial charge >= 0.3 is 12.1 Å². The molecule has 0 saturated carbocycles. The second kappa shape index (κ2) is 6.92. The minimum absolute atomic E-state index is 0.0784. The highest BCUT2D eigenvalue weighted by atomic mass is 16.6. The van der Waals surface area contributed by atoms with Crippen LogP contribution in [0.3, 0.4) is 0 Å². The van der Waals surface area contributed by atoms with Crippen LogP contribution in [0.2, 0.25) is 0 Å². The maximum Gasteiger partial charge on any atom is 0.410 e. The fraction of sp³-hybridized carbons (Fsp3) is 0.857. The number of carbonyl (C=O) groups is 2.